The van der Waals surface area contributed by atoms with E-state index in [0.29, 0.717) is 19.0 Å². The van der Waals surface area contributed by atoms with E-state index in [4.69, 9.17) is 15.2 Å². The Kier molecular flexibility index (Phi) is 8.01. The molecule has 4 N–H and O–H groups in total. The minimum Gasteiger partial charge on any atom is -0.480 e. The van der Waals surface area contributed by atoms with E-state index >= 15 is 0 Å². The lowest BCUT2D eigenvalue weighted by Gasteiger charge is -2.48. The molecule has 0 aromatic rings. The molecule has 2 saturated heterocycles. The van der Waals surface area contributed by atoms with Crippen molar-refractivity contribution in [2.24, 2.45) is 17.1 Å². The summed E-state index contributed by atoms with van der Waals surface area (Å²) in [6.45, 7) is 12.9. The first-order valence-corrected chi connectivity index (χ1v) is 11.1. The van der Waals surface area contributed by atoms with E-state index in [2.05, 4.69) is 20.4 Å². The van der Waals surface area contributed by atoms with Gasteiger partial charge in [-0.05, 0) is 38.5 Å². The van der Waals surface area contributed by atoms with E-state index in [1.54, 1.807) is 0 Å². The average Bonchev–Trinajstić information content (AvgIpc) is 2.62. The van der Waals surface area contributed by atoms with Gasteiger partial charge in [0.25, 0.3) is 0 Å². The molecule has 28 heavy (non-hydrogen) atoms. The maximum absolute atomic E-state index is 11.3. The van der Waals surface area contributed by atoms with Crippen LogP contribution in [0.1, 0.15) is 53.4 Å². The molecule has 5 atom stereocenters. The number of carbonyl (C=O) groups is 1. The number of rotatable bonds is 5. The Balaban J connectivity index is 2.17. The molecule has 0 aromatic carbocycles. The predicted octanol–water partition coefficient (Wildman–Crippen LogP) is 2.83. The van der Waals surface area contributed by atoms with Gasteiger partial charge in [0.05, 0.1) is 25.4 Å². The summed E-state index contributed by atoms with van der Waals surface area (Å²) in [5.41, 5.74) is 6.80. The lowest BCUT2D eigenvalue weighted by molar-refractivity contribution is -0.193. The molecule has 2 rings (SSSR count). The van der Waals surface area contributed by atoms with Crippen LogP contribution >= 0.6 is 11.8 Å². The van der Waals surface area contributed by atoms with Gasteiger partial charge in [-0.15, -0.1) is 0 Å². The summed E-state index contributed by atoms with van der Waals surface area (Å²) >= 11 is 1.50. The first kappa shape index (κ1) is 23.7. The number of nitrogens with two attached hydrogens (primary N) is 1. The number of ether oxygens (including phenoxy) is 2. The summed E-state index contributed by atoms with van der Waals surface area (Å²) in [7, 11) is 0. The molecule has 2 aliphatic heterocycles. The average molecular weight is 416 g/mol. The Morgan fingerprint density at radius 1 is 1.39 bits per heavy atom. The van der Waals surface area contributed by atoms with Crippen molar-refractivity contribution in [2.45, 2.75) is 82.5 Å². The van der Waals surface area contributed by atoms with Crippen LogP contribution in [0.15, 0.2) is 12.2 Å². The fraction of sp³-hybridized carbons (Fsp3) is 0.857. The molecule has 5 unspecified atom stereocenters. The maximum atomic E-state index is 11.3. The minimum atomic E-state index is -1.01. The number of aliphatic hydroxyl groups excluding tert-OH is 1. The summed E-state index contributed by atoms with van der Waals surface area (Å²) in [4.78, 5) is 11.3. The van der Waals surface area contributed by atoms with Gasteiger partial charge in [-0.2, -0.15) is 11.8 Å². The van der Waals surface area contributed by atoms with E-state index in [1.165, 1.54) is 11.8 Å². The van der Waals surface area contributed by atoms with Gasteiger partial charge in [0.2, 0.25) is 0 Å². The van der Waals surface area contributed by atoms with Crippen LogP contribution in [-0.2, 0) is 14.3 Å². The van der Waals surface area contributed by atoms with Crippen molar-refractivity contribution in [3.8, 4) is 0 Å². The number of hydrogen-bond acceptors (Lipinski definition) is 6. The fourth-order valence-corrected chi connectivity index (χ4v) is 5.42. The molecule has 0 aliphatic carbocycles. The van der Waals surface area contributed by atoms with E-state index in [-0.39, 0.29) is 23.5 Å². The first-order chi connectivity index (χ1) is 13.0. The maximum Gasteiger partial charge on any atom is 0.321 e. The number of carboxylic acids is 1. The topological polar surface area (TPSA) is 102 Å². The zero-order valence-corrected chi connectivity index (χ0v) is 18.5. The van der Waals surface area contributed by atoms with Crippen LogP contribution in [0.5, 0.6) is 0 Å². The number of carboxylic acid groups (broad SMARTS) is 1. The van der Waals surface area contributed by atoms with E-state index in [0.717, 1.165) is 31.3 Å². The highest BCUT2D eigenvalue weighted by Gasteiger charge is 2.48. The summed E-state index contributed by atoms with van der Waals surface area (Å²) in [6.07, 6.45) is 2.89. The monoisotopic (exact) mass is 415 g/mol. The molecule has 6 nitrogen and oxygen atoms in total. The van der Waals surface area contributed by atoms with Crippen molar-refractivity contribution in [3.05, 3.63) is 12.2 Å². The van der Waals surface area contributed by atoms with Gasteiger partial charge in [0.15, 0.2) is 0 Å². The van der Waals surface area contributed by atoms with E-state index in [1.807, 2.05) is 13.8 Å². The van der Waals surface area contributed by atoms with Crippen molar-refractivity contribution < 1.29 is 24.5 Å². The zero-order valence-electron chi connectivity index (χ0n) is 17.6. The van der Waals surface area contributed by atoms with Crippen LogP contribution in [0.4, 0.5) is 0 Å². The van der Waals surface area contributed by atoms with Crippen molar-refractivity contribution >= 4 is 17.7 Å². The van der Waals surface area contributed by atoms with Crippen LogP contribution in [0.3, 0.4) is 0 Å². The van der Waals surface area contributed by atoms with Gasteiger partial charge in [0.1, 0.15) is 12.1 Å². The molecule has 0 aromatic heterocycles. The third kappa shape index (κ3) is 5.72. The lowest BCUT2D eigenvalue weighted by atomic mass is 9.68. The number of aliphatic hydroxyl groups is 1. The van der Waals surface area contributed by atoms with E-state index < -0.39 is 22.9 Å². The summed E-state index contributed by atoms with van der Waals surface area (Å²) in [5, 5.41) is 20.4. The van der Waals surface area contributed by atoms with Crippen LogP contribution < -0.4 is 5.73 Å². The van der Waals surface area contributed by atoms with Gasteiger partial charge in [-0.1, -0.05) is 32.4 Å². The molecule has 2 fully saturated rings. The third-order valence-corrected chi connectivity index (χ3v) is 7.76. The summed E-state index contributed by atoms with van der Waals surface area (Å²) < 4.78 is 11.5. The first-order valence-electron chi connectivity index (χ1n) is 10.2. The fourth-order valence-electron chi connectivity index (χ4n) is 4.24. The molecule has 162 valence electrons. The smallest absolute Gasteiger partial charge is 0.321 e. The van der Waals surface area contributed by atoms with Crippen molar-refractivity contribution in [1.82, 2.24) is 0 Å². The number of thioether (sulfide) groups is 1. The molecule has 0 saturated carbocycles. The second kappa shape index (κ2) is 9.47. The molecule has 2 aliphatic rings. The Morgan fingerprint density at radius 2 is 2.07 bits per heavy atom. The highest BCUT2D eigenvalue weighted by Crippen LogP contribution is 2.44. The molecule has 2 bridgehead atoms. The summed E-state index contributed by atoms with van der Waals surface area (Å²) in [6, 6.07) is -0.964. The Morgan fingerprint density at radius 3 is 2.71 bits per heavy atom. The summed E-state index contributed by atoms with van der Waals surface area (Å²) in [5.74, 6) is -0.522. The molecule has 0 amide bonds. The van der Waals surface area contributed by atoms with Crippen LogP contribution in [0, 0.1) is 11.3 Å². The highest BCUT2D eigenvalue weighted by atomic mass is 32.2. The Hall–Kier alpha value is -0.600. The molecule has 2 heterocycles. The number of fused-ring (bicyclic) bond motifs is 2. The highest BCUT2D eigenvalue weighted by molar-refractivity contribution is 8.00. The second-order valence-corrected chi connectivity index (χ2v) is 11.1. The van der Waals surface area contributed by atoms with Gasteiger partial charge in [-0.3, -0.25) is 4.79 Å². The Labute approximate surface area is 173 Å². The van der Waals surface area contributed by atoms with Crippen LogP contribution in [0.2, 0.25) is 0 Å². The van der Waals surface area contributed by atoms with Crippen molar-refractivity contribution in [1.29, 1.82) is 0 Å². The molecular formula is C21H37NO5S. The van der Waals surface area contributed by atoms with Gasteiger partial charge < -0.3 is 25.4 Å². The zero-order chi connectivity index (χ0) is 21.1. The number of aliphatic carboxylic acids is 1. The third-order valence-electron chi connectivity index (χ3n) is 6.26. The SMILES string of the molecule is C=C1CCCCC(C)(C)C2C(CSC(C)(C)C(N)C(=O)O)OCC(OC1)C2O. The van der Waals surface area contributed by atoms with Crippen LogP contribution in [0.25, 0.3) is 0 Å². The minimum absolute atomic E-state index is 0.0954. The van der Waals surface area contributed by atoms with Crippen molar-refractivity contribution in [3.63, 3.8) is 0 Å². The Bertz CT molecular complexity index is 565. The van der Waals surface area contributed by atoms with E-state index in [9.17, 15) is 15.0 Å². The molecule has 0 spiro atoms. The second-order valence-electron chi connectivity index (χ2n) is 9.41. The quantitative estimate of drug-likeness (QED) is 0.593. The van der Waals surface area contributed by atoms with Gasteiger partial charge in [0, 0.05) is 16.4 Å². The lowest BCUT2D eigenvalue weighted by Crippen LogP contribution is -2.56. The molecule has 7 heteroatoms. The van der Waals surface area contributed by atoms with Gasteiger partial charge in [-0.25, -0.2) is 0 Å². The van der Waals surface area contributed by atoms with Gasteiger partial charge >= 0.3 is 5.97 Å². The van der Waals surface area contributed by atoms with Crippen LogP contribution in [-0.4, -0.2) is 64.2 Å². The molecular weight excluding hydrogens is 378 g/mol. The standard InChI is InChI=1S/C21H37NO5S/c1-13-8-6-7-9-20(2,3)16-15(27-11-14(17(16)23)26-10-13)12-28-21(4,5)18(22)19(24)25/h14-18,23H,1,6-12,22H2,2-5H3,(H,24,25). The van der Waals surface area contributed by atoms with Crippen molar-refractivity contribution in [2.75, 3.05) is 19.0 Å². The predicted molar refractivity (Wildman–Crippen MR) is 113 cm³/mol. The largest absolute Gasteiger partial charge is 0.480 e. The molecule has 0 radical (unpaired) electrons. The number of hydrogen-bond donors (Lipinski definition) is 3. The normalized spacial score (nSPS) is 33.0.